The average Bonchev–Trinajstić information content (AvgIpc) is 2.40. The molecule has 0 N–H and O–H groups in total. The molecule has 1 aromatic rings. The Hall–Kier alpha value is -1.09. The average molecular weight is 252 g/mol. The Morgan fingerprint density at radius 2 is 1.94 bits per heavy atom. The third-order valence-corrected chi connectivity index (χ3v) is 2.09. The van der Waals surface area contributed by atoms with Crippen molar-refractivity contribution in [1.29, 1.82) is 0 Å². The molecule has 0 atom stereocenters. The van der Waals surface area contributed by atoms with Gasteiger partial charge in [0.1, 0.15) is 0 Å². The normalized spacial score (nSPS) is 9.35. The first-order valence-corrected chi connectivity index (χ1v) is 7.15. The van der Waals surface area contributed by atoms with Gasteiger partial charge in [-0.3, -0.25) is 9.97 Å². The molecular weight excluding hydrogens is 228 g/mol. The molecule has 1 rings (SSSR count). The second kappa shape index (κ2) is 14.9. The zero-order valence-corrected chi connectivity index (χ0v) is 12.4. The van der Waals surface area contributed by atoms with E-state index >= 15 is 0 Å². The first kappa shape index (κ1) is 18.3. The monoisotopic (exact) mass is 252 g/mol. The number of hydrogen-bond acceptors (Lipinski definition) is 3. The fourth-order valence-electron chi connectivity index (χ4n) is 0.791. The van der Waals surface area contributed by atoms with Crippen molar-refractivity contribution in [3.63, 3.8) is 0 Å². The maximum atomic E-state index is 4.17. The molecule has 0 radical (unpaired) electrons. The molecule has 0 spiro atoms. The molecule has 0 fully saturated rings. The van der Waals surface area contributed by atoms with Gasteiger partial charge in [0.2, 0.25) is 0 Å². The van der Waals surface area contributed by atoms with Crippen LogP contribution < -0.4 is 0 Å². The van der Waals surface area contributed by atoms with Gasteiger partial charge in [-0.1, -0.05) is 46.8 Å². The molecule has 1 heterocycles. The smallest absolute Gasteiger partial charge is 0.0948 e. The van der Waals surface area contributed by atoms with Gasteiger partial charge < -0.3 is 0 Å². The highest BCUT2D eigenvalue weighted by atomic mass is 32.2. The van der Waals surface area contributed by atoms with Crippen LogP contribution in [0.2, 0.25) is 0 Å². The Kier molecular flexibility index (Phi) is 16.0. The highest BCUT2D eigenvalue weighted by Crippen LogP contribution is 2.21. The number of rotatable bonds is 3. The summed E-state index contributed by atoms with van der Waals surface area (Å²) in [5, 5.41) is 0. The molecule has 0 saturated heterocycles. The standard InChI is InChI=1S/C9H10N2S.C3H8.C2H6/c1-3-4-9(12-2)8-7-10-5-6-11-8;1-3-2;1-2/h3-7H,1H2,2H3;3H2,1-2H3;1-2H3/b9-4-;;. The van der Waals surface area contributed by atoms with E-state index in [9.17, 15) is 0 Å². The van der Waals surface area contributed by atoms with Crippen LogP contribution in [-0.4, -0.2) is 16.2 Å². The lowest BCUT2D eigenvalue weighted by molar-refractivity contribution is 1.09. The van der Waals surface area contributed by atoms with Crippen molar-refractivity contribution in [3.05, 3.63) is 43.0 Å². The van der Waals surface area contributed by atoms with Crippen molar-refractivity contribution < 1.29 is 0 Å². The molecule has 0 aliphatic rings. The second-order valence-corrected chi connectivity index (χ2v) is 3.62. The molecule has 1 aromatic heterocycles. The Bertz CT molecular complexity index is 294. The minimum Gasteiger partial charge on any atom is -0.261 e. The molecule has 96 valence electrons. The third-order valence-electron chi connectivity index (χ3n) is 1.30. The summed E-state index contributed by atoms with van der Waals surface area (Å²) in [7, 11) is 0. The Morgan fingerprint density at radius 3 is 2.29 bits per heavy atom. The van der Waals surface area contributed by atoms with Gasteiger partial charge in [-0.15, -0.1) is 11.8 Å². The molecule has 0 unspecified atom stereocenters. The number of nitrogens with zero attached hydrogens (tertiary/aromatic N) is 2. The Morgan fingerprint density at radius 1 is 1.35 bits per heavy atom. The zero-order chi connectivity index (χ0) is 13.5. The van der Waals surface area contributed by atoms with Crippen LogP contribution in [0.25, 0.3) is 4.91 Å². The zero-order valence-electron chi connectivity index (χ0n) is 11.6. The van der Waals surface area contributed by atoms with Gasteiger partial charge in [0, 0.05) is 17.3 Å². The maximum absolute atomic E-state index is 4.17. The van der Waals surface area contributed by atoms with Crippen LogP contribution in [-0.2, 0) is 0 Å². The van der Waals surface area contributed by atoms with Gasteiger partial charge in [-0.25, -0.2) is 0 Å². The summed E-state index contributed by atoms with van der Waals surface area (Å²) in [5.74, 6) is 0. The van der Waals surface area contributed by atoms with E-state index < -0.39 is 0 Å². The van der Waals surface area contributed by atoms with E-state index in [1.807, 2.05) is 26.2 Å². The summed E-state index contributed by atoms with van der Waals surface area (Å²) in [6.07, 6.45) is 12.0. The minimum absolute atomic E-state index is 0.893. The van der Waals surface area contributed by atoms with E-state index in [0.29, 0.717) is 0 Å². The second-order valence-electron chi connectivity index (χ2n) is 2.77. The van der Waals surface area contributed by atoms with Gasteiger partial charge in [0.25, 0.3) is 0 Å². The Labute approximate surface area is 110 Å². The van der Waals surface area contributed by atoms with Gasteiger partial charge in [-0.05, 0) is 12.3 Å². The van der Waals surface area contributed by atoms with E-state index in [1.54, 1.807) is 36.4 Å². The van der Waals surface area contributed by atoms with Crippen LogP contribution in [0, 0.1) is 0 Å². The number of allylic oxidation sites excluding steroid dienone is 2. The predicted molar refractivity (Wildman–Crippen MR) is 81.0 cm³/mol. The van der Waals surface area contributed by atoms with Crippen LogP contribution >= 0.6 is 11.8 Å². The molecule has 17 heavy (non-hydrogen) atoms. The fourth-order valence-corrected chi connectivity index (χ4v) is 1.34. The SMILES string of the molecule is C=C/C=C(\SC)c1cnccn1.CC.CCC. The van der Waals surface area contributed by atoms with Crippen LogP contribution in [0.15, 0.2) is 37.3 Å². The van der Waals surface area contributed by atoms with Gasteiger partial charge in [0.15, 0.2) is 0 Å². The fraction of sp³-hybridized carbons (Fsp3) is 0.429. The van der Waals surface area contributed by atoms with E-state index in [1.165, 1.54) is 6.42 Å². The molecule has 0 amide bonds. The minimum atomic E-state index is 0.893. The van der Waals surface area contributed by atoms with Gasteiger partial charge >= 0.3 is 0 Å². The van der Waals surface area contributed by atoms with Crippen molar-refractivity contribution in [2.24, 2.45) is 0 Å². The maximum Gasteiger partial charge on any atom is 0.0948 e. The predicted octanol–water partition coefficient (Wildman–Crippen LogP) is 4.81. The summed E-state index contributed by atoms with van der Waals surface area (Å²) in [6.45, 7) is 11.9. The molecule has 3 heteroatoms. The first-order chi connectivity index (χ1) is 8.29. The molecule has 0 aliphatic carbocycles. The number of aromatic nitrogens is 2. The summed E-state index contributed by atoms with van der Waals surface area (Å²) < 4.78 is 0. The Balaban J connectivity index is 0. The van der Waals surface area contributed by atoms with E-state index in [0.717, 1.165) is 10.6 Å². The van der Waals surface area contributed by atoms with E-state index in [4.69, 9.17) is 0 Å². The van der Waals surface area contributed by atoms with Crippen molar-refractivity contribution in [1.82, 2.24) is 9.97 Å². The highest BCUT2D eigenvalue weighted by Gasteiger charge is 1.98. The molecule has 0 bridgehead atoms. The highest BCUT2D eigenvalue weighted by molar-refractivity contribution is 8.07. The molecule has 0 aromatic carbocycles. The topological polar surface area (TPSA) is 25.8 Å². The summed E-state index contributed by atoms with van der Waals surface area (Å²) in [5.41, 5.74) is 0.893. The number of thioether (sulfide) groups is 1. The van der Waals surface area contributed by atoms with Crippen LogP contribution in [0.4, 0.5) is 0 Å². The first-order valence-electron chi connectivity index (χ1n) is 5.93. The quantitative estimate of drug-likeness (QED) is 0.722. The van der Waals surface area contributed by atoms with Gasteiger partial charge in [-0.2, -0.15) is 0 Å². The van der Waals surface area contributed by atoms with Crippen LogP contribution in [0.3, 0.4) is 0 Å². The van der Waals surface area contributed by atoms with Crippen LogP contribution in [0.1, 0.15) is 39.8 Å². The van der Waals surface area contributed by atoms with E-state index in [2.05, 4.69) is 30.4 Å². The molecule has 0 aliphatic heterocycles. The lowest BCUT2D eigenvalue weighted by atomic mass is 10.4. The summed E-state index contributed by atoms with van der Waals surface area (Å²) in [6, 6.07) is 0. The summed E-state index contributed by atoms with van der Waals surface area (Å²) in [4.78, 5) is 9.24. The van der Waals surface area contributed by atoms with Crippen molar-refractivity contribution in [2.75, 3.05) is 6.26 Å². The van der Waals surface area contributed by atoms with Crippen molar-refractivity contribution >= 4 is 16.7 Å². The summed E-state index contributed by atoms with van der Waals surface area (Å²) >= 11 is 1.63. The van der Waals surface area contributed by atoms with E-state index in [-0.39, 0.29) is 0 Å². The van der Waals surface area contributed by atoms with Gasteiger partial charge in [0.05, 0.1) is 11.9 Å². The largest absolute Gasteiger partial charge is 0.261 e. The lowest BCUT2D eigenvalue weighted by Crippen LogP contribution is -1.85. The number of hydrogen-bond donors (Lipinski definition) is 0. The van der Waals surface area contributed by atoms with Crippen molar-refractivity contribution in [3.8, 4) is 0 Å². The van der Waals surface area contributed by atoms with Crippen LogP contribution in [0.5, 0.6) is 0 Å². The van der Waals surface area contributed by atoms with Crippen molar-refractivity contribution in [2.45, 2.75) is 34.1 Å². The molecule has 2 nitrogen and oxygen atoms in total. The molecular formula is C14H24N2S. The molecule has 0 saturated carbocycles. The third kappa shape index (κ3) is 9.82. The lowest BCUT2D eigenvalue weighted by Gasteiger charge is -1.99.